The topological polar surface area (TPSA) is 30.7 Å². The molecule has 22 heavy (non-hydrogen) atoms. The van der Waals surface area contributed by atoms with Gasteiger partial charge < -0.3 is 0 Å². The van der Waals surface area contributed by atoms with Crippen LogP contribution < -0.4 is 0 Å². The van der Waals surface area contributed by atoms with Gasteiger partial charge in [0.15, 0.2) is 0 Å². The van der Waals surface area contributed by atoms with Gasteiger partial charge in [-0.2, -0.15) is 0 Å². The molecule has 0 spiro atoms. The van der Waals surface area contributed by atoms with Gasteiger partial charge in [-0.15, -0.1) is 0 Å². The first kappa shape index (κ1) is 14.8. The van der Waals surface area contributed by atoms with E-state index in [1.54, 1.807) is 0 Å². The Hall–Kier alpha value is -2.16. The van der Waals surface area contributed by atoms with Crippen LogP contribution in [0.1, 0.15) is 42.5 Å². The Labute approximate surface area is 132 Å². The normalized spacial score (nSPS) is 11.5. The summed E-state index contributed by atoms with van der Waals surface area (Å²) in [5.41, 5.74) is 6.54. The summed E-state index contributed by atoms with van der Waals surface area (Å²) < 4.78 is 2.26. The third-order valence-corrected chi connectivity index (χ3v) is 3.97. The Morgan fingerprint density at radius 2 is 1.77 bits per heavy atom. The average molecular weight is 292 g/mol. The van der Waals surface area contributed by atoms with E-state index in [9.17, 15) is 0 Å². The van der Waals surface area contributed by atoms with Crippen molar-refractivity contribution in [1.82, 2.24) is 14.5 Å². The predicted molar refractivity (Wildman–Crippen MR) is 91.5 cm³/mol. The lowest BCUT2D eigenvalue weighted by Crippen LogP contribution is -2.03. The maximum Gasteiger partial charge on any atom is 0.117 e. The van der Waals surface area contributed by atoms with Crippen LogP contribution >= 0.6 is 0 Å². The van der Waals surface area contributed by atoms with Crippen LogP contribution in [-0.2, 0) is 6.42 Å². The molecule has 0 aliphatic rings. The van der Waals surface area contributed by atoms with Crippen LogP contribution in [0.25, 0.3) is 16.7 Å². The summed E-state index contributed by atoms with van der Waals surface area (Å²) in [6.07, 6.45) is 0.810. The highest BCUT2D eigenvalue weighted by molar-refractivity contribution is 5.80. The minimum atomic E-state index is 0.347. The maximum atomic E-state index is 4.86. The molecule has 3 heteroatoms. The van der Waals surface area contributed by atoms with Crippen molar-refractivity contribution >= 4 is 11.0 Å². The highest BCUT2D eigenvalue weighted by Crippen LogP contribution is 2.28. The molecule has 3 nitrogen and oxygen atoms in total. The largest absolute Gasteiger partial charge is 0.296 e. The van der Waals surface area contributed by atoms with E-state index in [2.05, 4.69) is 60.7 Å². The van der Waals surface area contributed by atoms with Gasteiger partial charge in [-0.1, -0.05) is 26.0 Å². The van der Waals surface area contributed by atoms with Crippen molar-refractivity contribution in [2.24, 2.45) is 0 Å². The van der Waals surface area contributed by atoms with Gasteiger partial charge in [0.1, 0.15) is 11.3 Å². The second-order valence-electron chi connectivity index (χ2n) is 6.09. The van der Waals surface area contributed by atoms with E-state index >= 15 is 0 Å². The number of pyridine rings is 1. The van der Waals surface area contributed by atoms with Gasteiger partial charge in [0, 0.05) is 17.3 Å². The number of nitrogens with zero attached hydrogens (tertiary/aromatic N) is 3. The fourth-order valence-electron chi connectivity index (χ4n) is 2.87. The number of fused-ring (bicyclic) bond motifs is 1. The van der Waals surface area contributed by atoms with Gasteiger partial charge in [0.2, 0.25) is 0 Å². The van der Waals surface area contributed by atoms with Crippen molar-refractivity contribution in [2.45, 2.75) is 40.0 Å². The molecule has 0 N–H and O–H groups in total. The summed E-state index contributed by atoms with van der Waals surface area (Å²) in [7, 11) is 0. The Balaban J connectivity index is 2.31. The molecule has 0 amide bonds. The van der Waals surface area contributed by atoms with Crippen LogP contribution in [0.4, 0.5) is 0 Å². The number of benzene rings is 1. The lowest BCUT2D eigenvalue weighted by Gasteiger charge is -2.12. The van der Waals surface area contributed by atoms with Gasteiger partial charge in [-0.05, 0) is 51.0 Å². The molecule has 113 valence electrons. The zero-order valence-electron chi connectivity index (χ0n) is 13.7. The first-order valence-corrected chi connectivity index (χ1v) is 7.76. The van der Waals surface area contributed by atoms with Gasteiger partial charge in [0.05, 0.1) is 11.2 Å². The van der Waals surface area contributed by atoms with Gasteiger partial charge in [-0.25, -0.2) is 4.98 Å². The monoisotopic (exact) mass is 292 g/mol. The quantitative estimate of drug-likeness (QED) is 0.709. The summed E-state index contributed by atoms with van der Waals surface area (Å²) in [5, 5.41) is 0. The Morgan fingerprint density at radius 3 is 2.36 bits per heavy atom. The molecule has 2 heterocycles. The van der Waals surface area contributed by atoms with Crippen LogP contribution in [0.3, 0.4) is 0 Å². The number of hydrogen-bond donors (Lipinski definition) is 0. The fourth-order valence-corrected chi connectivity index (χ4v) is 2.87. The van der Waals surface area contributed by atoms with Crippen LogP contribution in [-0.4, -0.2) is 14.5 Å². The maximum absolute atomic E-state index is 4.86. The van der Waals surface area contributed by atoms with Gasteiger partial charge in [0.25, 0.3) is 0 Å². The highest BCUT2D eigenvalue weighted by atomic mass is 15.1. The minimum Gasteiger partial charge on any atom is -0.296 e. The Morgan fingerprint density at radius 1 is 1.09 bits per heavy atom. The van der Waals surface area contributed by atoms with Gasteiger partial charge >= 0.3 is 0 Å². The van der Waals surface area contributed by atoms with Crippen molar-refractivity contribution in [3.63, 3.8) is 0 Å². The van der Waals surface area contributed by atoms with Crippen molar-refractivity contribution in [3.05, 3.63) is 60.0 Å². The molecule has 3 rings (SSSR count). The van der Waals surface area contributed by atoms with Crippen LogP contribution in [0.2, 0.25) is 0 Å². The van der Waals surface area contributed by atoms with E-state index in [0.29, 0.717) is 5.92 Å². The molecule has 0 saturated carbocycles. The van der Waals surface area contributed by atoms with Crippen LogP contribution in [0.5, 0.6) is 0 Å². The van der Waals surface area contributed by atoms with E-state index in [1.165, 1.54) is 5.56 Å². The molecule has 0 bridgehead atoms. The summed E-state index contributed by atoms with van der Waals surface area (Å²) in [5.74, 6) is 1.42. The van der Waals surface area contributed by atoms with Gasteiger partial charge in [-0.3, -0.25) is 9.55 Å². The summed E-state index contributed by atoms with van der Waals surface area (Å²) in [4.78, 5) is 9.41. The minimum absolute atomic E-state index is 0.347. The van der Waals surface area contributed by atoms with E-state index in [-0.39, 0.29) is 0 Å². The second kappa shape index (κ2) is 5.56. The van der Waals surface area contributed by atoms with Crippen molar-refractivity contribution in [2.75, 3.05) is 0 Å². The van der Waals surface area contributed by atoms with Crippen molar-refractivity contribution in [3.8, 4) is 5.69 Å². The highest BCUT2D eigenvalue weighted by Gasteiger charge is 2.17. The zero-order chi connectivity index (χ0) is 15.9. The zero-order valence-corrected chi connectivity index (χ0v) is 13.7. The molecule has 0 saturated heterocycles. The number of rotatable bonds is 3. The Bertz CT molecular complexity index is 811. The van der Waals surface area contributed by atoms with Crippen molar-refractivity contribution < 1.29 is 0 Å². The Kier molecular flexibility index (Phi) is 3.73. The third kappa shape index (κ3) is 2.41. The molecule has 0 aliphatic carbocycles. The van der Waals surface area contributed by atoms with E-state index in [0.717, 1.165) is 40.4 Å². The second-order valence-corrected chi connectivity index (χ2v) is 6.09. The van der Waals surface area contributed by atoms with Crippen LogP contribution in [0, 0.1) is 20.8 Å². The first-order chi connectivity index (χ1) is 10.5. The van der Waals surface area contributed by atoms with E-state index in [1.807, 2.05) is 13.8 Å². The number of hydrogen-bond acceptors (Lipinski definition) is 2. The molecular formula is C19H22N3. The standard InChI is InChI=1S/C19H22N3/c1-6-15-7-9-16(10-8-15)22-17-11-13(4)20-14(5)18(17)21-19(22)12(2)3/h7-12H,1,6H2,2-5H3. The number of imidazole rings is 1. The molecule has 0 atom stereocenters. The molecule has 3 aromatic rings. The summed E-state index contributed by atoms with van der Waals surface area (Å²) >= 11 is 0. The number of aromatic nitrogens is 3. The fraction of sp³-hybridized carbons (Fsp3) is 0.316. The molecule has 1 radical (unpaired) electrons. The first-order valence-electron chi connectivity index (χ1n) is 7.76. The smallest absolute Gasteiger partial charge is 0.117 e. The average Bonchev–Trinajstić information content (AvgIpc) is 2.87. The lowest BCUT2D eigenvalue weighted by atomic mass is 10.1. The molecule has 0 unspecified atom stereocenters. The third-order valence-electron chi connectivity index (χ3n) is 3.97. The number of aryl methyl sites for hydroxylation is 2. The summed E-state index contributed by atoms with van der Waals surface area (Å²) in [6, 6.07) is 10.7. The SMILES string of the molecule is [CH2]Cc1ccc(-n2c(C(C)C)nc3c(C)nc(C)cc32)cc1. The van der Waals surface area contributed by atoms with E-state index < -0.39 is 0 Å². The lowest BCUT2D eigenvalue weighted by molar-refractivity contribution is 0.759. The molecule has 0 fully saturated rings. The predicted octanol–water partition coefficient (Wildman–Crippen LogP) is 4.54. The molecule has 0 aliphatic heterocycles. The molecule has 2 aromatic heterocycles. The van der Waals surface area contributed by atoms with E-state index in [4.69, 9.17) is 4.98 Å². The summed E-state index contributed by atoms with van der Waals surface area (Å²) in [6.45, 7) is 12.4. The van der Waals surface area contributed by atoms with Crippen molar-refractivity contribution in [1.29, 1.82) is 0 Å². The van der Waals surface area contributed by atoms with Crippen LogP contribution in [0.15, 0.2) is 30.3 Å². The molecule has 1 aromatic carbocycles. The molecular weight excluding hydrogens is 270 g/mol.